The summed E-state index contributed by atoms with van der Waals surface area (Å²) in [7, 11) is 0. The first kappa shape index (κ1) is 19.8. The van der Waals surface area contributed by atoms with Crippen molar-refractivity contribution in [2.45, 2.75) is 26.3 Å². The molecule has 1 saturated heterocycles. The van der Waals surface area contributed by atoms with Gasteiger partial charge in [-0.05, 0) is 29.7 Å². The number of nitro groups is 1. The summed E-state index contributed by atoms with van der Waals surface area (Å²) >= 11 is 0. The molecule has 1 fully saturated rings. The number of nitro benzene ring substituents is 1. The number of nitrogens with zero attached hydrogens (tertiary/aromatic N) is 2. The number of hydrogen-bond donors (Lipinski definition) is 0. The molecule has 0 radical (unpaired) electrons. The summed E-state index contributed by atoms with van der Waals surface area (Å²) in [6.07, 6.45) is 2.99. The summed E-state index contributed by atoms with van der Waals surface area (Å²) in [5, 5.41) is 11.4. The minimum Gasteiger partial charge on any atom is -0.487 e. The van der Waals surface area contributed by atoms with Gasteiger partial charge in [0.15, 0.2) is 11.5 Å². The van der Waals surface area contributed by atoms with Crippen molar-refractivity contribution >= 4 is 17.5 Å². The number of rotatable bonds is 7. The van der Waals surface area contributed by atoms with Crippen molar-refractivity contribution in [3.05, 3.63) is 75.3 Å². The van der Waals surface area contributed by atoms with E-state index in [1.807, 2.05) is 25.1 Å². The Labute approximate surface area is 164 Å². The Morgan fingerprint density at radius 1 is 1.21 bits per heavy atom. The van der Waals surface area contributed by atoms with E-state index in [4.69, 9.17) is 4.74 Å². The summed E-state index contributed by atoms with van der Waals surface area (Å²) < 4.78 is 5.46. The third kappa shape index (κ3) is 5.04. The maximum Gasteiger partial charge on any atom is 0.311 e. The summed E-state index contributed by atoms with van der Waals surface area (Å²) in [6.45, 7) is 4.40. The van der Waals surface area contributed by atoms with Crippen LogP contribution in [0.1, 0.15) is 30.9 Å². The van der Waals surface area contributed by atoms with Crippen LogP contribution in [0.15, 0.2) is 54.1 Å². The number of ketones is 1. The highest BCUT2D eigenvalue weighted by Gasteiger charge is 2.22. The molecule has 1 aliphatic rings. The highest BCUT2D eigenvalue weighted by atomic mass is 16.6. The smallest absolute Gasteiger partial charge is 0.311 e. The first-order chi connectivity index (χ1) is 13.6. The second-order valence-corrected chi connectivity index (χ2v) is 6.87. The van der Waals surface area contributed by atoms with Gasteiger partial charge in [0.1, 0.15) is 0 Å². The third-order valence-electron chi connectivity index (χ3n) is 4.64. The van der Waals surface area contributed by atoms with Crippen LogP contribution < -0.4 is 4.74 Å². The Morgan fingerprint density at radius 3 is 2.71 bits per heavy atom. The van der Waals surface area contributed by atoms with Gasteiger partial charge in [0.25, 0.3) is 0 Å². The fraction of sp³-hybridized carbons (Fsp3) is 0.318. The van der Waals surface area contributed by atoms with E-state index in [-0.39, 0.29) is 17.2 Å². The lowest BCUT2D eigenvalue weighted by atomic mass is 9.99. The second-order valence-electron chi connectivity index (χ2n) is 6.87. The number of benzene rings is 2. The standard InChI is InChI=1S/C22H24N2O4/c1-2-12-28-22-9-8-18(14-20(22)24(26)27)13-19-16-23(11-10-21(19)25)15-17-6-4-3-5-7-17/h3-9,13-14H,2,10-12,15-16H2,1H3/b19-13+. The molecule has 0 bridgehead atoms. The van der Waals surface area contributed by atoms with Gasteiger partial charge < -0.3 is 4.74 Å². The van der Waals surface area contributed by atoms with Crippen LogP contribution in [-0.2, 0) is 11.3 Å². The number of carbonyl (C=O) groups excluding carboxylic acids is 1. The summed E-state index contributed by atoms with van der Waals surface area (Å²) in [4.78, 5) is 25.5. The van der Waals surface area contributed by atoms with Crippen molar-refractivity contribution in [1.82, 2.24) is 4.90 Å². The monoisotopic (exact) mass is 380 g/mol. The lowest BCUT2D eigenvalue weighted by Gasteiger charge is -2.27. The van der Waals surface area contributed by atoms with Crippen LogP contribution in [0.4, 0.5) is 5.69 Å². The summed E-state index contributed by atoms with van der Waals surface area (Å²) in [5.41, 5.74) is 2.44. The van der Waals surface area contributed by atoms with E-state index in [1.165, 1.54) is 11.6 Å². The zero-order valence-corrected chi connectivity index (χ0v) is 16.0. The molecule has 6 heteroatoms. The molecule has 0 N–H and O–H groups in total. The van der Waals surface area contributed by atoms with Gasteiger partial charge in [-0.1, -0.05) is 43.3 Å². The fourth-order valence-electron chi connectivity index (χ4n) is 3.23. The van der Waals surface area contributed by atoms with Gasteiger partial charge in [-0.25, -0.2) is 0 Å². The van der Waals surface area contributed by atoms with Crippen LogP contribution in [0.2, 0.25) is 0 Å². The SMILES string of the molecule is CCCOc1ccc(/C=C2\CN(Cc3ccccc3)CCC2=O)cc1[N+](=O)[O-]. The Morgan fingerprint density at radius 2 is 2.00 bits per heavy atom. The molecule has 0 aliphatic carbocycles. The molecule has 0 saturated carbocycles. The van der Waals surface area contributed by atoms with Crippen LogP contribution >= 0.6 is 0 Å². The van der Waals surface area contributed by atoms with E-state index in [1.54, 1.807) is 18.2 Å². The Bertz CT molecular complexity index is 877. The highest BCUT2D eigenvalue weighted by molar-refractivity contribution is 6.00. The molecule has 2 aromatic carbocycles. The molecule has 0 amide bonds. The average Bonchev–Trinajstić information content (AvgIpc) is 2.70. The summed E-state index contributed by atoms with van der Waals surface area (Å²) in [6, 6.07) is 15.0. The molecule has 1 heterocycles. The molecule has 6 nitrogen and oxygen atoms in total. The van der Waals surface area contributed by atoms with Gasteiger partial charge in [0.05, 0.1) is 11.5 Å². The van der Waals surface area contributed by atoms with Crippen molar-refractivity contribution in [1.29, 1.82) is 0 Å². The minimum absolute atomic E-state index is 0.0767. The zero-order chi connectivity index (χ0) is 19.9. The highest BCUT2D eigenvalue weighted by Crippen LogP contribution is 2.29. The van der Waals surface area contributed by atoms with Crippen molar-refractivity contribution in [2.24, 2.45) is 0 Å². The van der Waals surface area contributed by atoms with Gasteiger partial charge in [-0.3, -0.25) is 19.8 Å². The third-order valence-corrected chi connectivity index (χ3v) is 4.64. The Hall–Kier alpha value is -2.99. The van der Waals surface area contributed by atoms with E-state index in [2.05, 4.69) is 17.0 Å². The maximum absolute atomic E-state index is 12.4. The lowest BCUT2D eigenvalue weighted by molar-refractivity contribution is -0.385. The number of likely N-dealkylation sites (tertiary alicyclic amines) is 1. The van der Waals surface area contributed by atoms with Gasteiger partial charge in [0, 0.05) is 37.7 Å². The van der Waals surface area contributed by atoms with Gasteiger partial charge in [-0.2, -0.15) is 0 Å². The van der Waals surface area contributed by atoms with Crippen LogP contribution in [0.3, 0.4) is 0 Å². The van der Waals surface area contributed by atoms with Gasteiger partial charge in [0.2, 0.25) is 0 Å². The van der Waals surface area contributed by atoms with Crippen LogP contribution in [0.5, 0.6) is 5.75 Å². The molecule has 28 heavy (non-hydrogen) atoms. The molecule has 0 aromatic heterocycles. The second kappa shape index (κ2) is 9.28. The Balaban J connectivity index is 1.79. The molecule has 0 unspecified atom stereocenters. The van der Waals surface area contributed by atoms with Gasteiger partial charge >= 0.3 is 5.69 Å². The van der Waals surface area contributed by atoms with Crippen LogP contribution in [0.25, 0.3) is 6.08 Å². The normalized spacial score (nSPS) is 16.3. The van der Waals surface area contributed by atoms with Crippen LogP contribution in [0, 0.1) is 10.1 Å². The van der Waals surface area contributed by atoms with E-state index in [0.29, 0.717) is 30.7 Å². The topological polar surface area (TPSA) is 72.7 Å². The largest absolute Gasteiger partial charge is 0.487 e. The predicted molar refractivity (Wildman–Crippen MR) is 108 cm³/mol. The molecule has 3 rings (SSSR count). The molecule has 2 aromatic rings. The minimum atomic E-state index is -0.447. The van der Waals surface area contributed by atoms with Crippen molar-refractivity contribution in [2.75, 3.05) is 19.7 Å². The quantitative estimate of drug-likeness (QED) is 0.408. The zero-order valence-electron chi connectivity index (χ0n) is 16.0. The first-order valence-electron chi connectivity index (χ1n) is 9.48. The average molecular weight is 380 g/mol. The molecule has 1 aliphatic heterocycles. The Kier molecular flexibility index (Phi) is 6.55. The van der Waals surface area contributed by atoms with Crippen molar-refractivity contribution < 1.29 is 14.5 Å². The number of Topliss-reactive ketones (excluding diaryl/α,β-unsaturated/α-hetero) is 1. The molecular weight excluding hydrogens is 356 g/mol. The van der Waals surface area contributed by atoms with E-state index in [0.717, 1.165) is 19.5 Å². The van der Waals surface area contributed by atoms with E-state index in [9.17, 15) is 14.9 Å². The maximum atomic E-state index is 12.4. The summed E-state index contributed by atoms with van der Waals surface area (Å²) in [5.74, 6) is 0.355. The molecule has 0 atom stereocenters. The number of carbonyl (C=O) groups is 1. The predicted octanol–water partition coefficient (Wildman–Crippen LogP) is 4.24. The molecule has 146 valence electrons. The van der Waals surface area contributed by atoms with Crippen molar-refractivity contribution in [3.8, 4) is 5.75 Å². The molecule has 0 spiro atoms. The van der Waals surface area contributed by atoms with Gasteiger partial charge in [-0.15, -0.1) is 0 Å². The molecular formula is C22H24N2O4. The fourth-order valence-corrected chi connectivity index (χ4v) is 3.23. The van der Waals surface area contributed by atoms with Crippen molar-refractivity contribution in [3.63, 3.8) is 0 Å². The number of hydrogen-bond acceptors (Lipinski definition) is 5. The number of ether oxygens (including phenoxy) is 1. The van der Waals surface area contributed by atoms with E-state index < -0.39 is 4.92 Å². The lowest BCUT2D eigenvalue weighted by Crippen LogP contribution is -2.35. The first-order valence-corrected chi connectivity index (χ1v) is 9.48. The van der Waals surface area contributed by atoms with Crippen LogP contribution in [-0.4, -0.2) is 35.3 Å². The van der Waals surface area contributed by atoms with E-state index >= 15 is 0 Å². The number of piperidine rings is 1.